The van der Waals surface area contributed by atoms with Crippen molar-refractivity contribution in [2.75, 3.05) is 12.4 Å². The summed E-state index contributed by atoms with van der Waals surface area (Å²) in [5.41, 5.74) is 2.13. The number of para-hydroxylation sites is 1. The van der Waals surface area contributed by atoms with Crippen LogP contribution in [-0.2, 0) is 4.79 Å². The Bertz CT molecular complexity index is 1110. The van der Waals surface area contributed by atoms with Gasteiger partial charge in [0.15, 0.2) is 6.10 Å². The second-order valence-corrected chi connectivity index (χ2v) is 6.43. The molecular weight excluding hydrogens is 368 g/mol. The number of carbonyl (C=O) groups excluding carboxylic acids is 1. The molecule has 29 heavy (non-hydrogen) atoms. The zero-order chi connectivity index (χ0) is 20.2. The summed E-state index contributed by atoms with van der Waals surface area (Å²) in [6.07, 6.45) is 4.79. The fraction of sp³-hybridized carbons (Fsp3) is 0.136. The number of methoxy groups -OCH3 is 1. The molecule has 4 rings (SSSR count). The Morgan fingerprint density at radius 1 is 1.14 bits per heavy atom. The van der Waals surface area contributed by atoms with Crippen LogP contribution in [0, 0.1) is 0 Å². The van der Waals surface area contributed by atoms with Crippen molar-refractivity contribution in [3.05, 3.63) is 73.2 Å². The summed E-state index contributed by atoms with van der Waals surface area (Å²) in [5, 5.41) is 2.89. The van der Waals surface area contributed by atoms with Gasteiger partial charge in [-0.2, -0.15) is 0 Å². The Morgan fingerprint density at radius 2 is 1.97 bits per heavy atom. The predicted molar refractivity (Wildman–Crippen MR) is 110 cm³/mol. The lowest BCUT2D eigenvalue weighted by Gasteiger charge is -2.16. The average Bonchev–Trinajstić information content (AvgIpc) is 3.18. The number of hydrogen-bond donors (Lipinski definition) is 1. The molecule has 1 atom stereocenters. The number of imidazole rings is 1. The molecule has 0 spiro atoms. The first-order valence-corrected chi connectivity index (χ1v) is 9.15. The van der Waals surface area contributed by atoms with Crippen LogP contribution >= 0.6 is 0 Å². The fourth-order valence-corrected chi connectivity index (χ4v) is 2.93. The highest BCUT2D eigenvalue weighted by Crippen LogP contribution is 2.30. The van der Waals surface area contributed by atoms with Crippen LogP contribution in [-0.4, -0.2) is 33.5 Å². The maximum Gasteiger partial charge on any atom is 0.265 e. The summed E-state index contributed by atoms with van der Waals surface area (Å²) in [5.74, 6) is 1.51. The molecule has 0 aliphatic heterocycles. The number of aromatic nitrogens is 3. The van der Waals surface area contributed by atoms with Crippen LogP contribution in [0.3, 0.4) is 0 Å². The van der Waals surface area contributed by atoms with Crippen molar-refractivity contribution >= 4 is 17.4 Å². The SMILES string of the molecule is COc1ccc(-c2cn3cccnc3n2)cc1NC(=O)[C@H](C)Oc1ccccc1. The number of nitrogens with zero attached hydrogens (tertiary/aromatic N) is 3. The molecule has 146 valence electrons. The maximum atomic E-state index is 12.7. The molecule has 2 heterocycles. The van der Waals surface area contributed by atoms with E-state index in [1.165, 1.54) is 0 Å². The van der Waals surface area contributed by atoms with E-state index in [1.54, 1.807) is 26.3 Å². The van der Waals surface area contributed by atoms with Gasteiger partial charge in [0.2, 0.25) is 5.78 Å². The van der Waals surface area contributed by atoms with Crippen LogP contribution in [0.1, 0.15) is 6.92 Å². The number of anilines is 1. The predicted octanol–water partition coefficient (Wildman–Crippen LogP) is 3.81. The number of fused-ring (bicyclic) bond motifs is 1. The highest BCUT2D eigenvalue weighted by molar-refractivity contribution is 5.96. The molecule has 0 unspecified atom stereocenters. The first-order chi connectivity index (χ1) is 14.1. The maximum absolute atomic E-state index is 12.7. The van der Waals surface area contributed by atoms with Gasteiger partial charge in [0.25, 0.3) is 5.91 Å². The Morgan fingerprint density at radius 3 is 2.72 bits per heavy atom. The van der Waals surface area contributed by atoms with Crippen molar-refractivity contribution in [3.8, 4) is 22.8 Å². The minimum absolute atomic E-state index is 0.277. The van der Waals surface area contributed by atoms with Crippen LogP contribution in [0.4, 0.5) is 5.69 Å². The minimum atomic E-state index is -0.676. The van der Waals surface area contributed by atoms with E-state index in [0.29, 0.717) is 23.0 Å². The number of carbonyl (C=O) groups is 1. The summed E-state index contributed by atoms with van der Waals surface area (Å²) >= 11 is 0. The Balaban J connectivity index is 1.57. The molecule has 0 radical (unpaired) electrons. The van der Waals surface area contributed by atoms with E-state index in [9.17, 15) is 4.79 Å². The number of hydrogen-bond acceptors (Lipinski definition) is 5. The normalized spacial score (nSPS) is 11.8. The zero-order valence-electron chi connectivity index (χ0n) is 16.1. The summed E-state index contributed by atoms with van der Waals surface area (Å²) in [6.45, 7) is 1.70. The van der Waals surface area contributed by atoms with Crippen molar-refractivity contribution in [2.45, 2.75) is 13.0 Å². The number of amides is 1. The third-order valence-corrected chi connectivity index (χ3v) is 4.41. The van der Waals surface area contributed by atoms with Gasteiger partial charge in [-0.15, -0.1) is 0 Å². The highest BCUT2D eigenvalue weighted by Gasteiger charge is 2.18. The van der Waals surface area contributed by atoms with Gasteiger partial charge in [0, 0.05) is 24.2 Å². The molecule has 0 bridgehead atoms. The Labute approximate surface area is 168 Å². The third kappa shape index (κ3) is 4.03. The lowest BCUT2D eigenvalue weighted by atomic mass is 10.1. The summed E-state index contributed by atoms with van der Waals surface area (Å²) < 4.78 is 12.9. The molecule has 1 amide bonds. The standard InChI is InChI=1S/C22H20N4O3/c1-15(29-17-7-4-3-5-8-17)21(27)24-18-13-16(9-10-20(18)28-2)19-14-26-12-6-11-23-22(26)25-19/h3-15H,1-2H3,(H,24,27)/t15-/m0/s1. The Kier molecular flexibility index (Phi) is 5.11. The van der Waals surface area contributed by atoms with Gasteiger partial charge in [-0.3, -0.25) is 9.20 Å². The number of ether oxygens (including phenoxy) is 2. The molecule has 7 nitrogen and oxygen atoms in total. The molecule has 0 aliphatic rings. The zero-order valence-corrected chi connectivity index (χ0v) is 16.1. The lowest BCUT2D eigenvalue weighted by molar-refractivity contribution is -0.122. The van der Waals surface area contributed by atoms with E-state index in [4.69, 9.17) is 9.47 Å². The van der Waals surface area contributed by atoms with Crippen molar-refractivity contribution < 1.29 is 14.3 Å². The second-order valence-electron chi connectivity index (χ2n) is 6.43. The first-order valence-electron chi connectivity index (χ1n) is 9.15. The molecule has 0 fully saturated rings. The number of nitrogens with one attached hydrogen (secondary N) is 1. The van der Waals surface area contributed by atoms with E-state index in [-0.39, 0.29) is 5.91 Å². The van der Waals surface area contributed by atoms with Crippen LogP contribution in [0.2, 0.25) is 0 Å². The molecular formula is C22H20N4O3. The largest absolute Gasteiger partial charge is 0.495 e. The van der Waals surface area contributed by atoms with Gasteiger partial charge in [-0.1, -0.05) is 18.2 Å². The summed E-state index contributed by atoms with van der Waals surface area (Å²) in [7, 11) is 1.56. The van der Waals surface area contributed by atoms with E-state index in [2.05, 4.69) is 15.3 Å². The molecule has 0 aliphatic carbocycles. The quantitative estimate of drug-likeness (QED) is 0.543. The minimum Gasteiger partial charge on any atom is -0.495 e. The van der Waals surface area contributed by atoms with Crippen LogP contribution < -0.4 is 14.8 Å². The second kappa shape index (κ2) is 8.02. The highest BCUT2D eigenvalue weighted by atomic mass is 16.5. The molecule has 4 aromatic rings. The van der Waals surface area contributed by atoms with Gasteiger partial charge in [0.1, 0.15) is 11.5 Å². The smallest absolute Gasteiger partial charge is 0.265 e. The molecule has 0 saturated carbocycles. The monoisotopic (exact) mass is 388 g/mol. The molecule has 7 heteroatoms. The van der Waals surface area contributed by atoms with Crippen LogP contribution in [0.25, 0.3) is 17.0 Å². The van der Waals surface area contributed by atoms with Gasteiger partial charge >= 0.3 is 0 Å². The van der Waals surface area contributed by atoms with Crippen LogP contribution in [0.5, 0.6) is 11.5 Å². The van der Waals surface area contributed by atoms with Crippen molar-refractivity contribution in [2.24, 2.45) is 0 Å². The van der Waals surface area contributed by atoms with E-state index in [0.717, 1.165) is 11.3 Å². The Hall–Kier alpha value is -3.87. The van der Waals surface area contributed by atoms with E-state index >= 15 is 0 Å². The van der Waals surface area contributed by atoms with E-state index < -0.39 is 6.10 Å². The van der Waals surface area contributed by atoms with Gasteiger partial charge < -0.3 is 14.8 Å². The van der Waals surface area contributed by atoms with E-state index in [1.807, 2.05) is 65.3 Å². The summed E-state index contributed by atoms with van der Waals surface area (Å²) in [4.78, 5) is 21.4. The van der Waals surface area contributed by atoms with Gasteiger partial charge in [-0.25, -0.2) is 9.97 Å². The van der Waals surface area contributed by atoms with Crippen molar-refractivity contribution in [1.82, 2.24) is 14.4 Å². The van der Waals surface area contributed by atoms with Crippen molar-refractivity contribution in [1.29, 1.82) is 0 Å². The van der Waals surface area contributed by atoms with Gasteiger partial charge in [0.05, 0.1) is 18.5 Å². The molecule has 2 aromatic carbocycles. The molecule has 2 aromatic heterocycles. The van der Waals surface area contributed by atoms with Crippen molar-refractivity contribution in [3.63, 3.8) is 0 Å². The average molecular weight is 388 g/mol. The topological polar surface area (TPSA) is 77.8 Å². The number of benzene rings is 2. The molecule has 0 saturated heterocycles. The summed E-state index contributed by atoms with van der Waals surface area (Å²) in [6, 6.07) is 16.6. The van der Waals surface area contributed by atoms with Crippen LogP contribution in [0.15, 0.2) is 73.2 Å². The first kappa shape index (κ1) is 18.5. The third-order valence-electron chi connectivity index (χ3n) is 4.41. The number of rotatable bonds is 6. The fourth-order valence-electron chi connectivity index (χ4n) is 2.93. The van der Waals surface area contributed by atoms with Gasteiger partial charge in [-0.05, 0) is 43.3 Å². The molecule has 1 N–H and O–H groups in total. The lowest BCUT2D eigenvalue weighted by Crippen LogP contribution is -2.30.